The molecule has 3 heteroatoms. The Bertz CT molecular complexity index is 721. The Hall–Kier alpha value is -2.16. The molecule has 2 aromatic carbocycles. The number of carbonyl (C=O) groups is 1. The molecule has 0 aromatic heterocycles. The smallest absolute Gasteiger partial charge is 0.306 e. The minimum absolute atomic E-state index is 0.0736. The van der Waals surface area contributed by atoms with E-state index in [1.807, 2.05) is 32.0 Å². The van der Waals surface area contributed by atoms with Crippen LogP contribution in [-0.4, -0.2) is 12.1 Å². The summed E-state index contributed by atoms with van der Waals surface area (Å²) in [6.45, 7) is 3.70. The van der Waals surface area contributed by atoms with Crippen molar-refractivity contribution in [1.82, 2.24) is 0 Å². The van der Waals surface area contributed by atoms with E-state index in [-0.39, 0.29) is 30.2 Å². The van der Waals surface area contributed by atoms with Gasteiger partial charge in [-0.15, -0.1) is 0 Å². The van der Waals surface area contributed by atoms with Crippen molar-refractivity contribution in [3.8, 4) is 0 Å². The zero-order valence-electron chi connectivity index (χ0n) is 13.5. The fourth-order valence-corrected chi connectivity index (χ4v) is 3.37. The molecule has 120 valence electrons. The first-order valence-electron chi connectivity index (χ1n) is 8.10. The molecule has 2 aromatic rings. The lowest BCUT2D eigenvalue weighted by atomic mass is 9.85. The Morgan fingerprint density at radius 1 is 1.13 bits per heavy atom. The van der Waals surface area contributed by atoms with Gasteiger partial charge in [0.25, 0.3) is 0 Å². The number of ether oxygens (including phenoxy) is 1. The second kappa shape index (κ2) is 6.53. The fourth-order valence-electron chi connectivity index (χ4n) is 3.37. The normalized spacial score (nSPS) is 16.4. The van der Waals surface area contributed by atoms with Crippen LogP contribution < -0.4 is 0 Å². The Morgan fingerprint density at radius 2 is 1.83 bits per heavy atom. The standard InChI is InChI=1S/C20H21FO2/c1-13(2)23-20(22)12-19-17-6-4-3-5-14(17)7-8-15-11-16(21)9-10-18(15)19/h3-6,9-11,13,19H,7-8,12H2,1-2H3. The Morgan fingerprint density at radius 3 is 2.61 bits per heavy atom. The maximum atomic E-state index is 13.6. The molecule has 1 unspecified atom stereocenters. The van der Waals surface area contributed by atoms with Crippen LogP contribution in [0, 0.1) is 5.82 Å². The molecule has 0 fully saturated rings. The van der Waals surface area contributed by atoms with E-state index in [1.54, 1.807) is 6.07 Å². The minimum Gasteiger partial charge on any atom is -0.463 e. The van der Waals surface area contributed by atoms with E-state index in [4.69, 9.17) is 4.74 Å². The summed E-state index contributed by atoms with van der Waals surface area (Å²) in [6.07, 6.45) is 1.81. The number of halogens is 1. The van der Waals surface area contributed by atoms with Gasteiger partial charge in [0.2, 0.25) is 0 Å². The van der Waals surface area contributed by atoms with Crippen molar-refractivity contribution in [3.05, 3.63) is 70.5 Å². The molecule has 0 radical (unpaired) electrons. The summed E-state index contributed by atoms with van der Waals surface area (Å²) >= 11 is 0. The molecule has 0 saturated heterocycles. The number of fused-ring (bicyclic) bond motifs is 2. The van der Waals surface area contributed by atoms with E-state index in [1.165, 1.54) is 11.6 Å². The van der Waals surface area contributed by atoms with Gasteiger partial charge < -0.3 is 4.74 Å². The molecule has 0 amide bonds. The molecule has 0 spiro atoms. The number of esters is 1. The SMILES string of the molecule is CC(C)OC(=O)CC1c2ccccc2CCc2cc(F)ccc21. The summed E-state index contributed by atoms with van der Waals surface area (Å²) in [5, 5.41) is 0. The van der Waals surface area contributed by atoms with Crippen LogP contribution in [0.1, 0.15) is 48.4 Å². The summed E-state index contributed by atoms with van der Waals surface area (Å²) < 4.78 is 19.0. The van der Waals surface area contributed by atoms with E-state index in [2.05, 4.69) is 12.1 Å². The number of hydrogen-bond donors (Lipinski definition) is 0. The molecule has 0 aliphatic heterocycles. The van der Waals surface area contributed by atoms with Gasteiger partial charge in [0.15, 0.2) is 0 Å². The largest absolute Gasteiger partial charge is 0.463 e. The van der Waals surface area contributed by atoms with Crippen molar-refractivity contribution >= 4 is 5.97 Å². The van der Waals surface area contributed by atoms with E-state index >= 15 is 0 Å². The first kappa shape index (κ1) is 15.7. The van der Waals surface area contributed by atoms with Crippen LogP contribution in [0.4, 0.5) is 4.39 Å². The second-order valence-corrected chi connectivity index (χ2v) is 6.34. The summed E-state index contributed by atoms with van der Waals surface area (Å²) in [6, 6.07) is 13.1. The Labute approximate surface area is 136 Å². The van der Waals surface area contributed by atoms with E-state index < -0.39 is 0 Å². The number of carbonyl (C=O) groups excluding carboxylic acids is 1. The zero-order valence-corrected chi connectivity index (χ0v) is 13.5. The Kier molecular flexibility index (Phi) is 4.46. The summed E-state index contributed by atoms with van der Waals surface area (Å²) in [5.74, 6) is -0.509. The lowest BCUT2D eigenvalue weighted by molar-refractivity contribution is -0.147. The van der Waals surface area contributed by atoms with Crippen molar-refractivity contribution in [1.29, 1.82) is 0 Å². The average molecular weight is 312 g/mol. The third kappa shape index (κ3) is 3.44. The third-order valence-corrected chi connectivity index (χ3v) is 4.31. The number of hydrogen-bond acceptors (Lipinski definition) is 2. The predicted molar refractivity (Wildman–Crippen MR) is 87.9 cm³/mol. The highest BCUT2D eigenvalue weighted by Gasteiger charge is 2.26. The number of benzene rings is 2. The van der Waals surface area contributed by atoms with Gasteiger partial charge in [-0.05, 0) is 61.1 Å². The minimum atomic E-state index is -0.224. The molecule has 2 nitrogen and oxygen atoms in total. The lowest BCUT2D eigenvalue weighted by Crippen LogP contribution is -2.16. The van der Waals surface area contributed by atoms with Gasteiger partial charge >= 0.3 is 5.97 Å². The van der Waals surface area contributed by atoms with E-state index in [0.29, 0.717) is 0 Å². The van der Waals surface area contributed by atoms with E-state index in [0.717, 1.165) is 29.5 Å². The van der Waals surface area contributed by atoms with Crippen LogP contribution in [0.15, 0.2) is 42.5 Å². The maximum absolute atomic E-state index is 13.6. The molecule has 0 heterocycles. The third-order valence-electron chi connectivity index (χ3n) is 4.31. The fraction of sp³-hybridized carbons (Fsp3) is 0.350. The van der Waals surface area contributed by atoms with Crippen LogP contribution >= 0.6 is 0 Å². The van der Waals surface area contributed by atoms with Gasteiger partial charge in [-0.2, -0.15) is 0 Å². The zero-order chi connectivity index (χ0) is 16.4. The van der Waals surface area contributed by atoms with Crippen molar-refractivity contribution in [3.63, 3.8) is 0 Å². The van der Waals surface area contributed by atoms with Crippen molar-refractivity contribution in [2.45, 2.75) is 45.1 Å². The molecule has 0 N–H and O–H groups in total. The van der Waals surface area contributed by atoms with Crippen LogP contribution in [0.25, 0.3) is 0 Å². The van der Waals surface area contributed by atoms with Crippen LogP contribution in [-0.2, 0) is 22.4 Å². The summed E-state index contributed by atoms with van der Waals surface area (Å²) in [5.41, 5.74) is 4.41. The van der Waals surface area contributed by atoms with Crippen molar-refractivity contribution in [2.24, 2.45) is 0 Å². The monoisotopic (exact) mass is 312 g/mol. The molecule has 3 rings (SSSR count). The predicted octanol–water partition coefficient (Wildman–Crippen LogP) is 4.40. The van der Waals surface area contributed by atoms with Crippen LogP contribution in [0.2, 0.25) is 0 Å². The molecule has 1 aliphatic carbocycles. The van der Waals surface area contributed by atoms with Crippen LogP contribution in [0.5, 0.6) is 0 Å². The highest BCUT2D eigenvalue weighted by Crippen LogP contribution is 2.37. The van der Waals surface area contributed by atoms with Gasteiger partial charge in [0.05, 0.1) is 12.5 Å². The summed E-state index contributed by atoms with van der Waals surface area (Å²) in [7, 11) is 0. The first-order chi connectivity index (χ1) is 11.0. The molecule has 23 heavy (non-hydrogen) atoms. The first-order valence-corrected chi connectivity index (χ1v) is 8.10. The number of aryl methyl sites for hydroxylation is 2. The topological polar surface area (TPSA) is 26.3 Å². The molecule has 1 aliphatic rings. The molecule has 0 saturated carbocycles. The van der Waals surface area contributed by atoms with Gasteiger partial charge in [-0.3, -0.25) is 4.79 Å². The summed E-state index contributed by atoms with van der Waals surface area (Å²) in [4.78, 5) is 12.2. The molecule has 0 bridgehead atoms. The Balaban J connectivity index is 2.03. The van der Waals surface area contributed by atoms with Gasteiger partial charge in [-0.25, -0.2) is 4.39 Å². The number of rotatable bonds is 3. The van der Waals surface area contributed by atoms with Crippen molar-refractivity contribution in [2.75, 3.05) is 0 Å². The van der Waals surface area contributed by atoms with Gasteiger partial charge in [-0.1, -0.05) is 30.3 Å². The van der Waals surface area contributed by atoms with E-state index in [9.17, 15) is 9.18 Å². The quantitative estimate of drug-likeness (QED) is 0.785. The molecular weight excluding hydrogens is 291 g/mol. The maximum Gasteiger partial charge on any atom is 0.306 e. The molecule has 1 atom stereocenters. The van der Waals surface area contributed by atoms with Crippen LogP contribution in [0.3, 0.4) is 0 Å². The van der Waals surface area contributed by atoms with Crippen molar-refractivity contribution < 1.29 is 13.9 Å². The average Bonchev–Trinajstić information content (AvgIpc) is 2.64. The lowest BCUT2D eigenvalue weighted by Gasteiger charge is -2.20. The highest BCUT2D eigenvalue weighted by molar-refractivity contribution is 5.72. The van der Waals surface area contributed by atoms with Gasteiger partial charge in [0.1, 0.15) is 5.82 Å². The van der Waals surface area contributed by atoms with Gasteiger partial charge in [0, 0.05) is 5.92 Å². The second-order valence-electron chi connectivity index (χ2n) is 6.34. The molecular formula is C20H21FO2. The highest BCUT2D eigenvalue weighted by atomic mass is 19.1.